The third-order valence-corrected chi connectivity index (χ3v) is 4.24. The molecule has 1 aliphatic rings. The van der Waals surface area contributed by atoms with Crippen LogP contribution in [0.3, 0.4) is 0 Å². The van der Waals surface area contributed by atoms with Crippen LogP contribution in [-0.2, 0) is 21.3 Å². The van der Waals surface area contributed by atoms with Crippen LogP contribution in [0.25, 0.3) is 0 Å². The molecule has 1 atom stereocenters. The summed E-state index contributed by atoms with van der Waals surface area (Å²) in [6, 6.07) is -0.137. The zero-order valence-corrected chi connectivity index (χ0v) is 10.9. The zero-order valence-electron chi connectivity index (χ0n) is 10.1. The van der Waals surface area contributed by atoms with E-state index in [1.807, 2.05) is 0 Å². The van der Waals surface area contributed by atoms with Crippen molar-refractivity contribution in [3.05, 3.63) is 12.4 Å². The smallest absolute Gasteiger partial charge is 0.244 e. The average molecular weight is 274 g/mol. The van der Waals surface area contributed by atoms with Gasteiger partial charge in [0.05, 0.1) is 12.8 Å². The lowest BCUT2D eigenvalue weighted by molar-refractivity contribution is 0.192. The SMILES string of the molecule is NCCCn1cc(S(=O)(=O)NC2CCOC2)cn1. The summed E-state index contributed by atoms with van der Waals surface area (Å²) in [6.45, 7) is 2.21. The Morgan fingerprint density at radius 3 is 3.11 bits per heavy atom. The lowest BCUT2D eigenvalue weighted by Crippen LogP contribution is -2.34. The van der Waals surface area contributed by atoms with Gasteiger partial charge in [0.15, 0.2) is 0 Å². The van der Waals surface area contributed by atoms with Crippen molar-refractivity contribution in [3.63, 3.8) is 0 Å². The molecule has 0 aromatic carbocycles. The highest BCUT2D eigenvalue weighted by molar-refractivity contribution is 7.89. The quantitative estimate of drug-likeness (QED) is 0.714. The van der Waals surface area contributed by atoms with Crippen molar-refractivity contribution >= 4 is 10.0 Å². The lowest BCUT2D eigenvalue weighted by atomic mass is 10.3. The van der Waals surface area contributed by atoms with Gasteiger partial charge in [-0.3, -0.25) is 4.68 Å². The molecule has 8 heteroatoms. The predicted octanol–water partition coefficient (Wildman–Crippen LogP) is -0.701. The Kier molecular flexibility index (Phi) is 4.33. The molecule has 7 nitrogen and oxygen atoms in total. The molecule has 0 aliphatic carbocycles. The van der Waals surface area contributed by atoms with Gasteiger partial charge in [0.1, 0.15) is 4.90 Å². The second-order valence-corrected chi connectivity index (χ2v) is 5.98. The molecule has 1 aliphatic heterocycles. The van der Waals surface area contributed by atoms with Crippen LogP contribution in [0.2, 0.25) is 0 Å². The van der Waals surface area contributed by atoms with Crippen LogP contribution in [0.4, 0.5) is 0 Å². The Morgan fingerprint density at radius 2 is 2.44 bits per heavy atom. The molecule has 0 bridgehead atoms. The Bertz CT molecular complexity index is 479. The molecular formula is C10H18N4O3S. The van der Waals surface area contributed by atoms with Crippen LogP contribution in [0.1, 0.15) is 12.8 Å². The van der Waals surface area contributed by atoms with Gasteiger partial charge in [-0.05, 0) is 19.4 Å². The summed E-state index contributed by atoms with van der Waals surface area (Å²) in [5.41, 5.74) is 5.39. The number of rotatable bonds is 6. The molecule has 1 aromatic rings. The van der Waals surface area contributed by atoms with Crippen molar-refractivity contribution in [1.29, 1.82) is 0 Å². The van der Waals surface area contributed by atoms with Crippen molar-refractivity contribution in [2.75, 3.05) is 19.8 Å². The molecule has 0 saturated carbocycles. The van der Waals surface area contributed by atoms with Gasteiger partial charge in [-0.2, -0.15) is 5.10 Å². The van der Waals surface area contributed by atoms with Gasteiger partial charge in [-0.1, -0.05) is 0 Å². The van der Waals surface area contributed by atoms with Crippen LogP contribution in [0.15, 0.2) is 17.3 Å². The van der Waals surface area contributed by atoms with Gasteiger partial charge in [0.25, 0.3) is 0 Å². The Hall–Kier alpha value is -0.960. The minimum absolute atomic E-state index is 0.137. The number of aromatic nitrogens is 2. The number of nitrogens with one attached hydrogen (secondary N) is 1. The largest absolute Gasteiger partial charge is 0.380 e. The van der Waals surface area contributed by atoms with Crippen LogP contribution in [0, 0.1) is 0 Å². The molecule has 0 spiro atoms. The van der Waals surface area contributed by atoms with Crippen molar-refractivity contribution in [2.24, 2.45) is 5.73 Å². The molecule has 1 fully saturated rings. The predicted molar refractivity (Wildman–Crippen MR) is 65.4 cm³/mol. The maximum absolute atomic E-state index is 12.0. The highest BCUT2D eigenvalue weighted by Crippen LogP contribution is 2.11. The first kappa shape index (κ1) is 13.5. The number of hydrogen-bond acceptors (Lipinski definition) is 5. The first-order chi connectivity index (χ1) is 8.62. The molecular weight excluding hydrogens is 256 g/mol. The number of aryl methyl sites for hydroxylation is 1. The van der Waals surface area contributed by atoms with Crippen LogP contribution < -0.4 is 10.5 Å². The molecule has 1 unspecified atom stereocenters. The van der Waals surface area contributed by atoms with Crippen molar-refractivity contribution < 1.29 is 13.2 Å². The van der Waals surface area contributed by atoms with E-state index in [0.717, 1.165) is 6.42 Å². The van der Waals surface area contributed by atoms with E-state index in [1.54, 1.807) is 4.68 Å². The third-order valence-electron chi connectivity index (χ3n) is 2.76. The summed E-state index contributed by atoms with van der Waals surface area (Å²) >= 11 is 0. The number of ether oxygens (including phenoxy) is 1. The second kappa shape index (κ2) is 5.79. The lowest BCUT2D eigenvalue weighted by Gasteiger charge is -2.09. The number of nitrogens with two attached hydrogens (primary N) is 1. The minimum Gasteiger partial charge on any atom is -0.380 e. The van der Waals surface area contributed by atoms with E-state index >= 15 is 0 Å². The van der Waals surface area contributed by atoms with E-state index in [2.05, 4.69) is 9.82 Å². The van der Waals surface area contributed by atoms with Gasteiger partial charge >= 0.3 is 0 Å². The first-order valence-corrected chi connectivity index (χ1v) is 7.43. The molecule has 3 N–H and O–H groups in total. The molecule has 0 radical (unpaired) electrons. The maximum atomic E-state index is 12.0. The minimum atomic E-state index is -3.49. The highest BCUT2D eigenvalue weighted by atomic mass is 32.2. The van der Waals surface area contributed by atoms with E-state index in [9.17, 15) is 8.42 Å². The van der Waals surface area contributed by atoms with Gasteiger partial charge in [-0.15, -0.1) is 0 Å². The van der Waals surface area contributed by atoms with Crippen LogP contribution in [-0.4, -0.2) is 44.0 Å². The fraction of sp³-hybridized carbons (Fsp3) is 0.700. The molecule has 2 rings (SSSR count). The van der Waals surface area contributed by atoms with E-state index in [0.29, 0.717) is 32.7 Å². The summed E-state index contributed by atoms with van der Waals surface area (Å²) in [6.07, 6.45) is 4.36. The fourth-order valence-electron chi connectivity index (χ4n) is 1.77. The number of sulfonamides is 1. The highest BCUT2D eigenvalue weighted by Gasteiger charge is 2.24. The molecule has 18 heavy (non-hydrogen) atoms. The van der Waals surface area contributed by atoms with Gasteiger partial charge in [0, 0.05) is 25.4 Å². The Morgan fingerprint density at radius 1 is 1.61 bits per heavy atom. The molecule has 1 saturated heterocycles. The van der Waals surface area contributed by atoms with Crippen molar-refractivity contribution in [1.82, 2.24) is 14.5 Å². The normalized spacial score (nSPS) is 20.4. The fourth-order valence-corrected chi connectivity index (χ4v) is 2.98. The standard InChI is InChI=1S/C10H18N4O3S/c11-3-1-4-14-7-10(6-12-14)18(15,16)13-9-2-5-17-8-9/h6-7,9,13H,1-5,8,11H2. The zero-order chi connectivity index (χ0) is 13.0. The molecule has 2 heterocycles. The van der Waals surface area contributed by atoms with E-state index in [-0.39, 0.29) is 10.9 Å². The topological polar surface area (TPSA) is 99.2 Å². The number of nitrogens with zero attached hydrogens (tertiary/aromatic N) is 2. The molecule has 0 amide bonds. The number of hydrogen-bond donors (Lipinski definition) is 2. The van der Waals surface area contributed by atoms with Crippen LogP contribution >= 0.6 is 0 Å². The van der Waals surface area contributed by atoms with E-state index in [4.69, 9.17) is 10.5 Å². The van der Waals surface area contributed by atoms with Gasteiger partial charge < -0.3 is 10.5 Å². The Labute approximate surface area is 106 Å². The maximum Gasteiger partial charge on any atom is 0.244 e. The van der Waals surface area contributed by atoms with Crippen molar-refractivity contribution in [3.8, 4) is 0 Å². The van der Waals surface area contributed by atoms with Gasteiger partial charge in [0.2, 0.25) is 10.0 Å². The Balaban J connectivity index is 2.02. The third kappa shape index (κ3) is 3.29. The summed E-state index contributed by atoms with van der Waals surface area (Å²) in [4.78, 5) is 0.187. The first-order valence-electron chi connectivity index (χ1n) is 5.94. The van der Waals surface area contributed by atoms with Crippen molar-refractivity contribution in [2.45, 2.75) is 30.3 Å². The van der Waals surface area contributed by atoms with E-state index in [1.165, 1.54) is 12.4 Å². The average Bonchev–Trinajstić information content (AvgIpc) is 2.96. The van der Waals surface area contributed by atoms with Gasteiger partial charge in [-0.25, -0.2) is 13.1 Å². The summed E-state index contributed by atoms with van der Waals surface area (Å²) < 4.78 is 33.4. The van der Waals surface area contributed by atoms with Crippen LogP contribution in [0.5, 0.6) is 0 Å². The summed E-state index contributed by atoms with van der Waals surface area (Å²) in [5.74, 6) is 0. The second-order valence-electron chi connectivity index (χ2n) is 4.26. The monoisotopic (exact) mass is 274 g/mol. The van der Waals surface area contributed by atoms with E-state index < -0.39 is 10.0 Å². The molecule has 102 valence electrons. The summed E-state index contributed by atoms with van der Waals surface area (Å²) in [5, 5.41) is 4.01. The molecule has 1 aromatic heterocycles. The summed E-state index contributed by atoms with van der Waals surface area (Å²) in [7, 11) is -3.49.